The molecule has 6 heteroatoms. The number of carbonyl (C=O) groups excluding carboxylic acids is 1. The number of amides is 1. The molecular weight excluding hydrogens is 197 g/mol. The van der Waals surface area contributed by atoms with E-state index in [9.17, 15) is 18.0 Å². The third kappa shape index (κ3) is 2.01. The van der Waals surface area contributed by atoms with Gasteiger partial charge in [-0.05, 0) is 12.1 Å². The van der Waals surface area contributed by atoms with Crippen LogP contribution in [0.15, 0.2) is 18.3 Å². The van der Waals surface area contributed by atoms with Gasteiger partial charge in [0.1, 0.15) is 0 Å². The van der Waals surface area contributed by atoms with Gasteiger partial charge in [-0.25, -0.2) is 0 Å². The Morgan fingerprint density at radius 1 is 1.50 bits per heavy atom. The van der Waals surface area contributed by atoms with E-state index in [-0.39, 0.29) is 0 Å². The van der Waals surface area contributed by atoms with Crippen LogP contribution in [0.25, 0.3) is 0 Å². The van der Waals surface area contributed by atoms with Gasteiger partial charge < -0.3 is 5.32 Å². The summed E-state index contributed by atoms with van der Waals surface area (Å²) in [5.41, 5.74) is -1.64. The first-order valence-corrected chi connectivity index (χ1v) is 3.71. The number of carbonyl (C=O) groups is 1. The monoisotopic (exact) mass is 204 g/mol. The number of aromatic nitrogens is 1. The summed E-state index contributed by atoms with van der Waals surface area (Å²) in [4.78, 5) is 14.2. The fourth-order valence-electron chi connectivity index (χ4n) is 0.949. The topological polar surface area (TPSA) is 42.0 Å². The first-order valence-electron chi connectivity index (χ1n) is 3.71. The van der Waals surface area contributed by atoms with Gasteiger partial charge in [-0.2, -0.15) is 13.2 Å². The van der Waals surface area contributed by atoms with Gasteiger partial charge in [0.2, 0.25) is 0 Å². The van der Waals surface area contributed by atoms with Crippen molar-refractivity contribution in [3.8, 4) is 0 Å². The number of hydrogen-bond donors (Lipinski definition) is 1. The molecular formula is C8H7F3N2O. The Kier molecular flexibility index (Phi) is 2.73. The van der Waals surface area contributed by atoms with Gasteiger partial charge in [-0.3, -0.25) is 9.78 Å². The van der Waals surface area contributed by atoms with Crippen molar-refractivity contribution in [1.82, 2.24) is 10.3 Å². The lowest BCUT2D eigenvalue weighted by molar-refractivity contribution is -0.141. The summed E-state index contributed by atoms with van der Waals surface area (Å²) in [5.74, 6) is -0.801. The van der Waals surface area contributed by atoms with Crippen LogP contribution in [0, 0.1) is 0 Å². The highest BCUT2D eigenvalue weighted by Gasteiger charge is 2.36. The van der Waals surface area contributed by atoms with Crippen LogP contribution in [0.2, 0.25) is 0 Å². The van der Waals surface area contributed by atoms with E-state index >= 15 is 0 Å². The van der Waals surface area contributed by atoms with Crippen LogP contribution in [-0.4, -0.2) is 17.9 Å². The fourth-order valence-corrected chi connectivity index (χ4v) is 0.949. The molecule has 0 saturated carbocycles. The summed E-state index contributed by atoms with van der Waals surface area (Å²) < 4.78 is 36.9. The van der Waals surface area contributed by atoms with Crippen LogP contribution in [0.1, 0.15) is 16.1 Å². The molecule has 1 aromatic heterocycles. The van der Waals surface area contributed by atoms with Crippen molar-refractivity contribution in [2.45, 2.75) is 6.18 Å². The predicted octanol–water partition coefficient (Wildman–Crippen LogP) is 1.46. The number of nitrogens with zero attached hydrogens (tertiary/aromatic N) is 1. The van der Waals surface area contributed by atoms with Gasteiger partial charge >= 0.3 is 6.18 Å². The summed E-state index contributed by atoms with van der Waals surface area (Å²) in [5, 5.41) is 2.11. The highest BCUT2D eigenvalue weighted by atomic mass is 19.4. The number of rotatable bonds is 1. The van der Waals surface area contributed by atoms with E-state index < -0.39 is 23.3 Å². The second-order valence-corrected chi connectivity index (χ2v) is 2.48. The SMILES string of the molecule is CNC(=O)c1cccnc1C(F)(F)F. The average molecular weight is 204 g/mol. The molecule has 0 unspecified atom stereocenters. The van der Waals surface area contributed by atoms with Gasteiger partial charge in [0.15, 0.2) is 5.69 Å². The van der Waals surface area contributed by atoms with Crippen molar-refractivity contribution in [2.75, 3.05) is 7.05 Å². The Morgan fingerprint density at radius 2 is 2.14 bits per heavy atom. The van der Waals surface area contributed by atoms with Crippen LogP contribution in [0.4, 0.5) is 13.2 Å². The van der Waals surface area contributed by atoms with Gasteiger partial charge in [0.25, 0.3) is 5.91 Å². The molecule has 0 atom stereocenters. The Hall–Kier alpha value is -1.59. The molecule has 0 aliphatic carbocycles. The zero-order chi connectivity index (χ0) is 10.8. The predicted molar refractivity (Wildman–Crippen MR) is 42.6 cm³/mol. The fraction of sp³-hybridized carbons (Fsp3) is 0.250. The molecule has 0 saturated heterocycles. The van der Waals surface area contributed by atoms with Crippen LogP contribution in [0.5, 0.6) is 0 Å². The van der Waals surface area contributed by atoms with Crippen molar-refractivity contribution in [2.24, 2.45) is 0 Å². The maximum Gasteiger partial charge on any atom is 0.434 e. The molecule has 0 fully saturated rings. The van der Waals surface area contributed by atoms with E-state index in [0.29, 0.717) is 0 Å². The molecule has 0 aliphatic rings. The van der Waals surface area contributed by atoms with Crippen LogP contribution >= 0.6 is 0 Å². The Bertz CT molecular complexity index is 349. The molecule has 1 rings (SSSR count). The highest BCUT2D eigenvalue weighted by Crippen LogP contribution is 2.29. The molecule has 0 bridgehead atoms. The minimum absolute atomic E-state index is 0.470. The van der Waals surface area contributed by atoms with E-state index in [1.54, 1.807) is 0 Å². The molecule has 3 nitrogen and oxygen atoms in total. The maximum absolute atomic E-state index is 12.3. The largest absolute Gasteiger partial charge is 0.434 e. The van der Waals surface area contributed by atoms with Crippen molar-refractivity contribution in [3.05, 3.63) is 29.6 Å². The molecule has 1 aromatic rings. The van der Waals surface area contributed by atoms with Gasteiger partial charge in [0, 0.05) is 13.2 Å². The van der Waals surface area contributed by atoms with E-state index in [1.807, 2.05) is 0 Å². The lowest BCUT2D eigenvalue weighted by atomic mass is 10.2. The summed E-state index contributed by atoms with van der Waals surface area (Å²) in [6.45, 7) is 0. The Balaban J connectivity index is 3.23. The van der Waals surface area contributed by atoms with Crippen molar-refractivity contribution < 1.29 is 18.0 Å². The summed E-state index contributed by atoms with van der Waals surface area (Å²) in [6.07, 6.45) is -3.61. The number of hydrogen-bond acceptors (Lipinski definition) is 2. The molecule has 1 amide bonds. The molecule has 0 radical (unpaired) electrons. The first-order chi connectivity index (χ1) is 6.46. The molecule has 14 heavy (non-hydrogen) atoms. The van der Waals surface area contributed by atoms with Crippen LogP contribution in [0.3, 0.4) is 0 Å². The molecule has 0 aliphatic heterocycles. The molecule has 0 aromatic carbocycles. The van der Waals surface area contributed by atoms with Crippen molar-refractivity contribution >= 4 is 5.91 Å². The quantitative estimate of drug-likeness (QED) is 0.752. The zero-order valence-corrected chi connectivity index (χ0v) is 7.22. The summed E-state index contributed by atoms with van der Waals surface area (Å²) in [6, 6.07) is 2.36. The Morgan fingerprint density at radius 3 is 2.64 bits per heavy atom. The third-order valence-corrected chi connectivity index (χ3v) is 1.55. The minimum Gasteiger partial charge on any atom is -0.355 e. The molecule has 76 valence electrons. The molecule has 1 heterocycles. The Labute approximate surface area is 78.0 Å². The summed E-state index contributed by atoms with van der Waals surface area (Å²) in [7, 11) is 1.26. The summed E-state index contributed by atoms with van der Waals surface area (Å²) >= 11 is 0. The number of alkyl halides is 3. The van der Waals surface area contributed by atoms with Crippen molar-refractivity contribution in [3.63, 3.8) is 0 Å². The minimum atomic E-state index is -4.61. The lowest BCUT2D eigenvalue weighted by Gasteiger charge is -2.09. The second-order valence-electron chi connectivity index (χ2n) is 2.48. The normalized spacial score (nSPS) is 11.1. The molecule has 1 N–H and O–H groups in total. The van der Waals surface area contributed by atoms with E-state index in [0.717, 1.165) is 12.3 Å². The number of nitrogens with one attached hydrogen (secondary N) is 1. The van der Waals surface area contributed by atoms with E-state index in [2.05, 4.69) is 10.3 Å². The van der Waals surface area contributed by atoms with Gasteiger partial charge in [0.05, 0.1) is 5.56 Å². The average Bonchev–Trinajstić information content (AvgIpc) is 2.15. The van der Waals surface area contributed by atoms with E-state index in [4.69, 9.17) is 0 Å². The van der Waals surface area contributed by atoms with Crippen molar-refractivity contribution in [1.29, 1.82) is 0 Å². The highest BCUT2D eigenvalue weighted by molar-refractivity contribution is 5.95. The van der Waals surface area contributed by atoms with Gasteiger partial charge in [-0.1, -0.05) is 0 Å². The maximum atomic E-state index is 12.3. The van der Waals surface area contributed by atoms with Gasteiger partial charge in [-0.15, -0.1) is 0 Å². The molecule has 0 spiro atoms. The second kappa shape index (κ2) is 3.65. The lowest BCUT2D eigenvalue weighted by Crippen LogP contribution is -2.23. The first kappa shape index (κ1) is 10.5. The number of pyridine rings is 1. The van der Waals surface area contributed by atoms with E-state index in [1.165, 1.54) is 13.1 Å². The smallest absolute Gasteiger partial charge is 0.355 e. The zero-order valence-electron chi connectivity index (χ0n) is 7.22. The van der Waals surface area contributed by atoms with Crippen LogP contribution < -0.4 is 5.32 Å². The van der Waals surface area contributed by atoms with Crippen LogP contribution in [-0.2, 0) is 6.18 Å². The number of halogens is 3. The third-order valence-electron chi connectivity index (χ3n) is 1.55. The standard InChI is InChI=1S/C8H7F3N2O/c1-12-7(14)5-3-2-4-13-6(5)8(9,10)11/h2-4H,1H3,(H,12,14).